The van der Waals surface area contributed by atoms with Gasteiger partial charge in [-0.2, -0.15) is 0 Å². The number of ketones is 1. The zero-order valence-corrected chi connectivity index (χ0v) is 13.3. The highest BCUT2D eigenvalue weighted by Crippen LogP contribution is 2.37. The lowest BCUT2D eigenvalue weighted by Gasteiger charge is -2.33. The summed E-state index contributed by atoms with van der Waals surface area (Å²) in [6.07, 6.45) is -0.936. The monoisotopic (exact) mass is 325 g/mol. The molecule has 1 rings (SSSR count). The highest BCUT2D eigenvalue weighted by molar-refractivity contribution is 6.28. The van der Waals surface area contributed by atoms with Gasteiger partial charge in [0.2, 0.25) is 5.92 Å². The zero-order chi connectivity index (χ0) is 16.3. The Morgan fingerprint density at radius 3 is 2.29 bits per heavy atom. The van der Waals surface area contributed by atoms with E-state index in [1.54, 1.807) is 20.8 Å². The lowest BCUT2D eigenvalue weighted by molar-refractivity contribution is -0.121. The zero-order valence-electron chi connectivity index (χ0n) is 12.5. The van der Waals surface area contributed by atoms with E-state index >= 15 is 0 Å². The predicted molar refractivity (Wildman–Crippen MR) is 75.8 cm³/mol. The molecule has 0 aromatic heterocycles. The minimum atomic E-state index is -2.68. The SMILES string of the molecule is CC(C)(C)OC(=O)N[C@H](C(=O)CCl)C1CCC(F)(F)CC1. The molecule has 7 heteroatoms. The third kappa shape index (κ3) is 6.16. The van der Waals surface area contributed by atoms with Crippen LogP contribution in [0.1, 0.15) is 46.5 Å². The molecule has 1 N–H and O–H groups in total. The molecular formula is C14H22ClF2NO3. The van der Waals surface area contributed by atoms with Crippen molar-refractivity contribution >= 4 is 23.5 Å². The molecule has 0 aromatic rings. The van der Waals surface area contributed by atoms with Crippen molar-refractivity contribution in [2.45, 2.75) is 64.0 Å². The number of carbonyl (C=O) groups is 2. The maximum absolute atomic E-state index is 13.2. The van der Waals surface area contributed by atoms with Crippen LogP contribution in [0.5, 0.6) is 0 Å². The lowest BCUT2D eigenvalue weighted by atomic mass is 9.81. The topological polar surface area (TPSA) is 55.4 Å². The molecule has 1 atom stereocenters. The maximum atomic E-state index is 13.2. The summed E-state index contributed by atoms with van der Waals surface area (Å²) in [7, 11) is 0. The smallest absolute Gasteiger partial charge is 0.408 e. The molecule has 4 nitrogen and oxygen atoms in total. The summed E-state index contributed by atoms with van der Waals surface area (Å²) in [6.45, 7) is 5.10. The minimum absolute atomic E-state index is 0.177. The van der Waals surface area contributed by atoms with Gasteiger partial charge in [-0.1, -0.05) is 0 Å². The van der Waals surface area contributed by atoms with E-state index in [9.17, 15) is 18.4 Å². The van der Waals surface area contributed by atoms with E-state index in [1.807, 2.05) is 0 Å². The van der Waals surface area contributed by atoms with Gasteiger partial charge in [-0.05, 0) is 39.5 Å². The van der Waals surface area contributed by atoms with Gasteiger partial charge in [0.25, 0.3) is 0 Å². The number of hydrogen-bond donors (Lipinski definition) is 1. The molecule has 1 saturated carbocycles. The van der Waals surface area contributed by atoms with Gasteiger partial charge in [-0.15, -0.1) is 11.6 Å². The van der Waals surface area contributed by atoms with E-state index in [0.29, 0.717) is 0 Å². The van der Waals surface area contributed by atoms with E-state index in [2.05, 4.69) is 5.32 Å². The Hall–Kier alpha value is -0.910. The second kappa shape index (κ2) is 6.90. The third-order valence-corrected chi connectivity index (χ3v) is 3.65. The molecule has 0 aromatic carbocycles. The number of alkyl carbamates (subject to hydrolysis) is 1. The summed E-state index contributed by atoms with van der Waals surface area (Å²) in [5.41, 5.74) is -0.696. The van der Waals surface area contributed by atoms with Crippen molar-refractivity contribution in [3.63, 3.8) is 0 Å². The van der Waals surface area contributed by atoms with Crippen molar-refractivity contribution in [1.29, 1.82) is 0 Å². The summed E-state index contributed by atoms with van der Waals surface area (Å²) in [5, 5.41) is 2.48. The summed E-state index contributed by atoms with van der Waals surface area (Å²) in [6, 6.07) is -0.867. The molecule has 0 spiro atoms. The molecule has 0 heterocycles. The summed E-state index contributed by atoms with van der Waals surface area (Å²) in [5.74, 6) is -3.66. The molecule has 1 amide bonds. The highest BCUT2D eigenvalue weighted by Gasteiger charge is 2.40. The summed E-state index contributed by atoms with van der Waals surface area (Å²) in [4.78, 5) is 23.7. The first-order chi connectivity index (χ1) is 9.54. The average Bonchev–Trinajstić information content (AvgIpc) is 2.33. The Balaban J connectivity index is 2.69. The Morgan fingerprint density at radius 1 is 1.33 bits per heavy atom. The van der Waals surface area contributed by atoms with E-state index < -0.39 is 23.7 Å². The first kappa shape index (κ1) is 18.1. The number of nitrogens with one attached hydrogen (secondary N) is 1. The van der Waals surface area contributed by atoms with E-state index in [4.69, 9.17) is 16.3 Å². The molecular weight excluding hydrogens is 304 g/mol. The van der Waals surface area contributed by atoms with Gasteiger partial charge in [0, 0.05) is 12.8 Å². The number of rotatable bonds is 4. The number of Topliss-reactive ketones (excluding diaryl/α,β-unsaturated/α-hetero) is 1. The van der Waals surface area contributed by atoms with E-state index in [0.717, 1.165) is 0 Å². The van der Waals surface area contributed by atoms with Gasteiger partial charge in [0.15, 0.2) is 5.78 Å². The number of ether oxygens (including phenoxy) is 1. The first-order valence-corrected chi connectivity index (χ1v) is 7.53. The van der Waals surface area contributed by atoms with Gasteiger partial charge < -0.3 is 10.1 Å². The molecule has 0 bridgehead atoms. The van der Waals surface area contributed by atoms with Crippen LogP contribution < -0.4 is 5.32 Å². The van der Waals surface area contributed by atoms with Crippen molar-refractivity contribution in [3.8, 4) is 0 Å². The van der Waals surface area contributed by atoms with Crippen molar-refractivity contribution in [2.75, 3.05) is 5.88 Å². The number of amides is 1. The molecule has 0 radical (unpaired) electrons. The van der Waals surface area contributed by atoms with Crippen LogP contribution in [-0.2, 0) is 9.53 Å². The molecule has 122 valence electrons. The normalized spacial score (nSPS) is 20.7. The van der Waals surface area contributed by atoms with Crippen LogP contribution in [0.3, 0.4) is 0 Å². The molecule has 21 heavy (non-hydrogen) atoms. The number of hydrogen-bond acceptors (Lipinski definition) is 3. The Morgan fingerprint density at radius 2 is 1.86 bits per heavy atom. The lowest BCUT2D eigenvalue weighted by Crippen LogP contribution is -2.49. The van der Waals surface area contributed by atoms with Crippen LogP contribution >= 0.6 is 11.6 Å². The van der Waals surface area contributed by atoms with Crippen LogP contribution in [0.15, 0.2) is 0 Å². The number of halogens is 3. The fourth-order valence-electron chi connectivity index (χ4n) is 2.37. The first-order valence-electron chi connectivity index (χ1n) is 7.00. The highest BCUT2D eigenvalue weighted by atomic mass is 35.5. The number of alkyl halides is 3. The minimum Gasteiger partial charge on any atom is -0.444 e. The second-order valence-electron chi connectivity index (χ2n) is 6.42. The van der Waals surface area contributed by atoms with Crippen LogP contribution in [0.2, 0.25) is 0 Å². The summed E-state index contributed by atoms with van der Waals surface area (Å²) < 4.78 is 31.5. The molecule has 0 unspecified atom stereocenters. The molecule has 1 fully saturated rings. The standard InChI is InChI=1S/C14H22ClF2NO3/c1-13(2,3)21-12(20)18-11(10(19)8-15)9-4-6-14(16,17)7-5-9/h9,11H,4-8H2,1-3H3,(H,18,20)/t11-/m0/s1. The Kier molecular flexibility index (Phi) is 5.96. The van der Waals surface area contributed by atoms with Crippen LogP contribution in [0.4, 0.5) is 13.6 Å². The quantitative estimate of drug-likeness (QED) is 0.805. The molecule has 1 aliphatic carbocycles. The summed E-state index contributed by atoms with van der Waals surface area (Å²) >= 11 is 5.55. The van der Waals surface area contributed by atoms with Crippen LogP contribution in [0.25, 0.3) is 0 Å². The van der Waals surface area contributed by atoms with Crippen LogP contribution in [-0.4, -0.2) is 35.3 Å². The van der Waals surface area contributed by atoms with Gasteiger partial charge in [-0.3, -0.25) is 4.79 Å². The maximum Gasteiger partial charge on any atom is 0.408 e. The van der Waals surface area contributed by atoms with Gasteiger partial charge in [-0.25, -0.2) is 13.6 Å². The van der Waals surface area contributed by atoms with Crippen molar-refractivity contribution < 1.29 is 23.1 Å². The second-order valence-corrected chi connectivity index (χ2v) is 6.68. The molecule has 0 saturated heterocycles. The van der Waals surface area contributed by atoms with E-state index in [1.165, 1.54) is 0 Å². The molecule has 1 aliphatic rings. The fourth-order valence-corrected chi connectivity index (χ4v) is 2.54. The predicted octanol–water partition coefficient (Wildman–Crippen LogP) is 3.51. The molecule has 0 aliphatic heterocycles. The van der Waals surface area contributed by atoms with Crippen molar-refractivity contribution in [2.24, 2.45) is 5.92 Å². The third-order valence-electron chi connectivity index (χ3n) is 3.38. The van der Waals surface area contributed by atoms with E-state index in [-0.39, 0.29) is 43.3 Å². The van der Waals surface area contributed by atoms with Gasteiger partial charge in [0.05, 0.1) is 11.9 Å². The van der Waals surface area contributed by atoms with Gasteiger partial charge in [0.1, 0.15) is 5.60 Å². The van der Waals surface area contributed by atoms with Crippen molar-refractivity contribution in [3.05, 3.63) is 0 Å². The largest absolute Gasteiger partial charge is 0.444 e. The Bertz CT molecular complexity index is 386. The van der Waals surface area contributed by atoms with Crippen molar-refractivity contribution in [1.82, 2.24) is 5.32 Å². The Labute approximate surface area is 128 Å². The van der Waals surface area contributed by atoms with Gasteiger partial charge >= 0.3 is 6.09 Å². The number of carbonyl (C=O) groups excluding carboxylic acids is 2. The average molecular weight is 326 g/mol. The fraction of sp³-hybridized carbons (Fsp3) is 0.857. The van der Waals surface area contributed by atoms with Crippen LogP contribution in [0, 0.1) is 5.92 Å².